The van der Waals surface area contributed by atoms with Crippen molar-refractivity contribution in [3.63, 3.8) is 0 Å². The molecule has 2 N–H and O–H groups in total. The maximum Gasteiger partial charge on any atom is 0.417 e. The largest absolute Gasteiger partial charge is 0.417 e. The van der Waals surface area contributed by atoms with Gasteiger partial charge in [0.2, 0.25) is 0 Å². The molecule has 0 saturated heterocycles. The molecular weight excluding hydrogens is 291 g/mol. The summed E-state index contributed by atoms with van der Waals surface area (Å²) in [6, 6.07) is 9.01. The van der Waals surface area contributed by atoms with Crippen LogP contribution >= 0.6 is 11.6 Å². The van der Waals surface area contributed by atoms with Crippen LogP contribution in [0.5, 0.6) is 0 Å². The second kappa shape index (κ2) is 5.17. The Morgan fingerprint density at radius 1 is 1.00 bits per heavy atom. The Bertz CT molecular complexity index is 650. The minimum absolute atomic E-state index is 0.0773. The van der Waals surface area contributed by atoms with Gasteiger partial charge in [0.05, 0.1) is 10.6 Å². The number of carbonyl (C=O) groups is 1. The first-order valence-electron chi connectivity index (χ1n) is 5.56. The number of anilines is 1. The average Bonchev–Trinajstić information content (AvgIpc) is 2.38. The smallest absolute Gasteiger partial charge is 0.399 e. The summed E-state index contributed by atoms with van der Waals surface area (Å²) in [7, 11) is 0. The van der Waals surface area contributed by atoms with Crippen LogP contribution in [0.15, 0.2) is 42.5 Å². The Balaban J connectivity index is 2.43. The molecule has 0 fully saturated rings. The van der Waals surface area contributed by atoms with E-state index in [2.05, 4.69) is 0 Å². The van der Waals surface area contributed by atoms with Crippen LogP contribution in [0.4, 0.5) is 18.9 Å². The molecule has 0 amide bonds. The molecule has 0 unspecified atom stereocenters. The average molecular weight is 300 g/mol. The molecule has 0 atom stereocenters. The zero-order valence-electron chi connectivity index (χ0n) is 10.0. The minimum Gasteiger partial charge on any atom is -0.399 e. The number of ketones is 1. The van der Waals surface area contributed by atoms with Crippen molar-refractivity contribution >= 4 is 23.1 Å². The van der Waals surface area contributed by atoms with Crippen LogP contribution in [-0.4, -0.2) is 5.78 Å². The van der Waals surface area contributed by atoms with Gasteiger partial charge in [-0.1, -0.05) is 11.6 Å². The third-order valence-corrected chi connectivity index (χ3v) is 3.04. The van der Waals surface area contributed by atoms with E-state index in [0.717, 1.165) is 12.1 Å². The summed E-state index contributed by atoms with van der Waals surface area (Å²) in [4.78, 5) is 12.1. The van der Waals surface area contributed by atoms with Crippen LogP contribution in [0.3, 0.4) is 0 Å². The number of rotatable bonds is 2. The lowest BCUT2D eigenvalue weighted by Gasteiger charge is -2.10. The molecule has 0 bridgehead atoms. The summed E-state index contributed by atoms with van der Waals surface area (Å²) in [5.41, 5.74) is 5.11. The monoisotopic (exact) mass is 299 g/mol. The fourth-order valence-electron chi connectivity index (χ4n) is 1.68. The molecule has 0 spiro atoms. The molecule has 0 aromatic heterocycles. The van der Waals surface area contributed by atoms with Gasteiger partial charge < -0.3 is 5.73 Å². The molecule has 104 valence electrons. The highest BCUT2D eigenvalue weighted by Crippen LogP contribution is 2.35. The van der Waals surface area contributed by atoms with E-state index in [4.69, 9.17) is 17.3 Å². The van der Waals surface area contributed by atoms with Gasteiger partial charge in [-0.15, -0.1) is 0 Å². The zero-order chi connectivity index (χ0) is 14.9. The molecule has 6 heteroatoms. The fourth-order valence-corrected chi connectivity index (χ4v) is 1.91. The Morgan fingerprint density at radius 3 is 2.10 bits per heavy atom. The van der Waals surface area contributed by atoms with Gasteiger partial charge in [0, 0.05) is 16.8 Å². The second-order valence-corrected chi connectivity index (χ2v) is 4.55. The van der Waals surface area contributed by atoms with Gasteiger partial charge in [0.1, 0.15) is 0 Å². The summed E-state index contributed by atoms with van der Waals surface area (Å²) in [6.45, 7) is 0. The first kappa shape index (κ1) is 14.4. The van der Waals surface area contributed by atoms with E-state index in [-0.39, 0.29) is 11.1 Å². The van der Waals surface area contributed by atoms with Crippen molar-refractivity contribution in [1.29, 1.82) is 0 Å². The van der Waals surface area contributed by atoms with E-state index in [1.807, 2.05) is 0 Å². The van der Waals surface area contributed by atoms with Crippen molar-refractivity contribution in [3.05, 3.63) is 64.2 Å². The van der Waals surface area contributed by atoms with Crippen molar-refractivity contribution in [2.24, 2.45) is 0 Å². The van der Waals surface area contributed by atoms with E-state index in [1.54, 1.807) is 0 Å². The highest BCUT2D eigenvalue weighted by atomic mass is 35.5. The Labute approximate surface area is 118 Å². The fraction of sp³-hybridized carbons (Fsp3) is 0.0714. The van der Waals surface area contributed by atoms with Crippen molar-refractivity contribution in [2.75, 3.05) is 5.73 Å². The number of hydrogen-bond acceptors (Lipinski definition) is 2. The molecule has 0 heterocycles. The molecule has 2 nitrogen and oxygen atoms in total. The quantitative estimate of drug-likeness (QED) is 0.668. The van der Waals surface area contributed by atoms with Gasteiger partial charge in [-0.25, -0.2) is 0 Å². The lowest BCUT2D eigenvalue weighted by molar-refractivity contribution is -0.137. The molecule has 2 aromatic carbocycles. The van der Waals surface area contributed by atoms with Crippen LogP contribution < -0.4 is 5.73 Å². The van der Waals surface area contributed by atoms with E-state index in [9.17, 15) is 18.0 Å². The Morgan fingerprint density at radius 2 is 1.55 bits per heavy atom. The second-order valence-electron chi connectivity index (χ2n) is 4.14. The molecular formula is C14H9ClF3NO. The molecule has 0 aliphatic rings. The maximum atomic E-state index is 12.7. The Kier molecular flexibility index (Phi) is 3.72. The normalized spacial score (nSPS) is 11.4. The van der Waals surface area contributed by atoms with E-state index < -0.39 is 22.5 Å². The number of hydrogen-bond donors (Lipinski definition) is 1. The predicted molar refractivity (Wildman–Crippen MR) is 70.7 cm³/mol. The first-order chi connectivity index (χ1) is 9.29. The molecule has 0 radical (unpaired) electrons. The molecule has 20 heavy (non-hydrogen) atoms. The Hall–Kier alpha value is -2.01. The molecule has 0 aliphatic heterocycles. The summed E-state index contributed by atoms with van der Waals surface area (Å²) in [5.74, 6) is -0.521. The highest BCUT2D eigenvalue weighted by Gasteiger charge is 2.33. The van der Waals surface area contributed by atoms with Gasteiger partial charge in [-0.3, -0.25) is 4.79 Å². The summed E-state index contributed by atoms with van der Waals surface area (Å²) in [5, 5.41) is -0.439. The number of nitrogen functional groups attached to an aromatic ring is 1. The van der Waals surface area contributed by atoms with Gasteiger partial charge >= 0.3 is 6.18 Å². The van der Waals surface area contributed by atoms with Crippen molar-refractivity contribution in [3.8, 4) is 0 Å². The topological polar surface area (TPSA) is 43.1 Å². The summed E-state index contributed by atoms with van der Waals surface area (Å²) in [6.07, 6.45) is -4.60. The van der Waals surface area contributed by atoms with E-state index >= 15 is 0 Å². The number of benzene rings is 2. The van der Waals surface area contributed by atoms with Gasteiger partial charge in [0.15, 0.2) is 5.78 Å². The number of carbonyl (C=O) groups excluding carboxylic acids is 1. The number of halogens is 4. The zero-order valence-corrected chi connectivity index (χ0v) is 10.8. The molecule has 0 saturated carbocycles. The van der Waals surface area contributed by atoms with Crippen molar-refractivity contribution < 1.29 is 18.0 Å². The number of alkyl halides is 3. The molecule has 2 rings (SSSR count). The molecule has 0 aliphatic carbocycles. The summed E-state index contributed by atoms with van der Waals surface area (Å²) >= 11 is 5.50. The van der Waals surface area contributed by atoms with Gasteiger partial charge in [-0.2, -0.15) is 13.2 Å². The highest BCUT2D eigenvalue weighted by molar-refractivity contribution is 6.31. The van der Waals surface area contributed by atoms with E-state index in [0.29, 0.717) is 5.69 Å². The van der Waals surface area contributed by atoms with Crippen molar-refractivity contribution in [1.82, 2.24) is 0 Å². The van der Waals surface area contributed by atoms with Crippen LogP contribution in [-0.2, 0) is 6.18 Å². The maximum absolute atomic E-state index is 12.7. The van der Waals surface area contributed by atoms with Crippen LogP contribution in [0.25, 0.3) is 0 Å². The lowest BCUT2D eigenvalue weighted by atomic mass is 10.0. The van der Waals surface area contributed by atoms with Crippen LogP contribution in [0.2, 0.25) is 5.02 Å². The third kappa shape index (κ3) is 2.93. The SMILES string of the molecule is Nc1ccc(C(=O)c2ccc(Cl)c(C(F)(F)F)c2)cc1. The predicted octanol–water partition coefficient (Wildman–Crippen LogP) is 4.17. The van der Waals surface area contributed by atoms with Crippen LogP contribution in [0, 0.1) is 0 Å². The summed E-state index contributed by atoms with van der Waals surface area (Å²) < 4.78 is 38.2. The van der Waals surface area contributed by atoms with Crippen LogP contribution in [0.1, 0.15) is 21.5 Å². The first-order valence-corrected chi connectivity index (χ1v) is 5.94. The molecule has 2 aromatic rings. The van der Waals surface area contributed by atoms with Crippen molar-refractivity contribution in [2.45, 2.75) is 6.18 Å². The van der Waals surface area contributed by atoms with E-state index in [1.165, 1.54) is 30.3 Å². The van der Waals surface area contributed by atoms with Gasteiger partial charge in [-0.05, 0) is 42.5 Å². The lowest BCUT2D eigenvalue weighted by Crippen LogP contribution is -2.09. The third-order valence-electron chi connectivity index (χ3n) is 2.71. The standard InChI is InChI=1S/C14H9ClF3NO/c15-12-6-3-9(7-11(12)14(16,17)18)13(20)8-1-4-10(19)5-2-8/h1-7H,19H2. The number of nitrogens with two attached hydrogens (primary N) is 1. The minimum atomic E-state index is -4.60. The van der Waals surface area contributed by atoms with Gasteiger partial charge in [0.25, 0.3) is 0 Å².